The third kappa shape index (κ3) is 3.98. The minimum absolute atomic E-state index is 0.152. The first-order valence-corrected chi connectivity index (χ1v) is 12.8. The van der Waals surface area contributed by atoms with Crippen LogP contribution in [0.15, 0.2) is 40.6 Å². The number of nitrogens with zero attached hydrogens (tertiary/aromatic N) is 2. The number of carbonyl (C=O) groups is 1. The van der Waals surface area contributed by atoms with Gasteiger partial charge in [-0.1, -0.05) is 30.3 Å². The van der Waals surface area contributed by atoms with Gasteiger partial charge < -0.3 is 5.32 Å². The molecule has 1 aliphatic rings. The maximum Gasteiger partial charge on any atom is 0.244 e. The molecule has 0 aliphatic carbocycles. The molecule has 6 nitrogen and oxygen atoms in total. The quantitative estimate of drug-likeness (QED) is 0.613. The van der Waals surface area contributed by atoms with Gasteiger partial charge in [0, 0.05) is 11.9 Å². The number of hydrogen-bond acceptors (Lipinski definition) is 5. The van der Waals surface area contributed by atoms with Crippen molar-refractivity contribution in [3.8, 4) is 0 Å². The van der Waals surface area contributed by atoms with Crippen molar-refractivity contribution >= 4 is 32.4 Å². The monoisotopic (exact) mass is 469 g/mol. The van der Waals surface area contributed by atoms with Gasteiger partial charge in [0.2, 0.25) is 15.9 Å². The van der Waals surface area contributed by atoms with E-state index in [0.717, 1.165) is 39.1 Å². The molecule has 168 valence electrons. The molecule has 3 aromatic rings. The third-order valence-corrected chi connectivity index (χ3v) is 9.23. The molecule has 0 fully saturated rings. The molecular formula is C24H27N3O3S2. The molecule has 0 unspecified atom stereocenters. The number of aromatic nitrogens is 1. The first-order chi connectivity index (χ1) is 15.1. The van der Waals surface area contributed by atoms with Gasteiger partial charge in [-0.05, 0) is 74.4 Å². The van der Waals surface area contributed by atoms with Gasteiger partial charge in [0.1, 0.15) is 6.04 Å². The second kappa shape index (κ2) is 8.42. The summed E-state index contributed by atoms with van der Waals surface area (Å²) in [6.07, 6.45) is 0.314. The lowest BCUT2D eigenvalue weighted by atomic mass is 9.95. The second-order valence-corrected chi connectivity index (χ2v) is 11.1. The van der Waals surface area contributed by atoms with Crippen LogP contribution in [-0.2, 0) is 27.8 Å². The predicted octanol–water partition coefficient (Wildman–Crippen LogP) is 4.44. The topological polar surface area (TPSA) is 79.4 Å². The molecule has 0 bridgehead atoms. The summed E-state index contributed by atoms with van der Waals surface area (Å²) in [5.74, 6) is -0.364. The highest BCUT2D eigenvalue weighted by Crippen LogP contribution is 2.34. The van der Waals surface area contributed by atoms with E-state index >= 15 is 0 Å². The zero-order valence-corrected chi connectivity index (χ0v) is 20.5. The molecule has 1 amide bonds. The molecule has 4 rings (SSSR count). The Morgan fingerprint density at radius 1 is 1.06 bits per heavy atom. The van der Waals surface area contributed by atoms with Crippen molar-refractivity contribution in [1.29, 1.82) is 0 Å². The molecule has 1 N–H and O–H groups in total. The van der Waals surface area contributed by atoms with Crippen LogP contribution in [0.1, 0.15) is 39.1 Å². The zero-order chi connectivity index (χ0) is 23.2. The normalized spacial score (nSPS) is 16.6. The molecule has 1 atom stereocenters. The number of nitrogens with one attached hydrogen (secondary N) is 1. The van der Waals surface area contributed by atoms with Crippen LogP contribution in [0.4, 0.5) is 5.13 Å². The van der Waals surface area contributed by atoms with E-state index in [1.807, 2.05) is 70.3 Å². The molecule has 0 spiro atoms. The maximum absolute atomic E-state index is 14.0. The fourth-order valence-electron chi connectivity index (χ4n) is 4.26. The number of sulfonamides is 1. The van der Waals surface area contributed by atoms with Gasteiger partial charge in [0.25, 0.3) is 0 Å². The number of aryl methyl sites for hydroxylation is 3. The molecule has 32 heavy (non-hydrogen) atoms. The third-order valence-electron chi connectivity index (χ3n) is 6.22. The van der Waals surface area contributed by atoms with Gasteiger partial charge in [-0.25, -0.2) is 13.4 Å². The Morgan fingerprint density at radius 3 is 2.28 bits per heavy atom. The number of rotatable bonds is 4. The molecule has 8 heteroatoms. The maximum atomic E-state index is 14.0. The van der Waals surface area contributed by atoms with Gasteiger partial charge in [-0.15, -0.1) is 11.3 Å². The van der Waals surface area contributed by atoms with Crippen LogP contribution in [0, 0.1) is 34.6 Å². The van der Waals surface area contributed by atoms with Crippen LogP contribution in [0.25, 0.3) is 0 Å². The van der Waals surface area contributed by atoms with Gasteiger partial charge in [0.05, 0.1) is 10.6 Å². The van der Waals surface area contributed by atoms with E-state index in [2.05, 4.69) is 10.3 Å². The van der Waals surface area contributed by atoms with Gasteiger partial charge in [-0.3, -0.25) is 4.79 Å². The van der Waals surface area contributed by atoms with E-state index in [0.29, 0.717) is 16.4 Å². The number of amides is 1. The van der Waals surface area contributed by atoms with Gasteiger partial charge in [0.15, 0.2) is 5.13 Å². The Kier molecular flexibility index (Phi) is 5.96. The highest BCUT2D eigenvalue weighted by molar-refractivity contribution is 7.89. The standard InChI is InChI=1S/C24H27N3O3S2/c1-14-10-15(2)18(5)22(17(14)4)32(29,30)27-12-20-9-7-6-8-19(20)11-21(27)23(28)26-24-25-16(3)13-31-24/h6-10,13,21H,11-12H2,1-5H3,(H,25,26,28)/t21-/m0/s1. The van der Waals surface area contributed by atoms with Crippen molar-refractivity contribution in [2.75, 3.05) is 5.32 Å². The average Bonchev–Trinajstić information content (AvgIpc) is 3.15. The van der Waals surface area contributed by atoms with Crippen molar-refractivity contribution in [3.05, 3.63) is 74.8 Å². The Morgan fingerprint density at radius 2 is 1.69 bits per heavy atom. The number of fused-ring (bicyclic) bond motifs is 1. The highest BCUT2D eigenvalue weighted by atomic mass is 32.2. The summed E-state index contributed by atoms with van der Waals surface area (Å²) in [4.78, 5) is 17.9. The molecule has 1 aromatic heterocycles. The summed E-state index contributed by atoms with van der Waals surface area (Å²) in [5.41, 5.74) is 6.01. The summed E-state index contributed by atoms with van der Waals surface area (Å²) in [6.45, 7) is 9.51. The van der Waals surface area contributed by atoms with Crippen LogP contribution in [0.2, 0.25) is 0 Å². The minimum Gasteiger partial charge on any atom is -0.301 e. The van der Waals surface area contributed by atoms with Crippen LogP contribution in [0.3, 0.4) is 0 Å². The summed E-state index contributed by atoms with van der Waals surface area (Å²) in [6, 6.07) is 8.84. The van der Waals surface area contributed by atoms with Crippen molar-refractivity contribution in [2.45, 2.75) is 58.5 Å². The Labute approximate surface area is 193 Å². The van der Waals surface area contributed by atoms with E-state index in [-0.39, 0.29) is 12.5 Å². The van der Waals surface area contributed by atoms with E-state index in [4.69, 9.17) is 0 Å². The van der Waals surface area contributed by atoms with Crippen molar-refractivity contribution in [3.63, 3.8) is 0 Å². The van der Waals surface area contributed by atoms with Crippen molar-refractivity contribution in [1.82, 2.24) is 9.29 Å². The summed E-state index contributed by atoms with van der Waals surface area (Å²) in [7, 11) is -3.94. The number of anilines is 1. The SMILES string of the molecule is Cc1csc(NC(=O)[C@@H]2Cc3ccccc3CN2S(=O)(=O)c2c(C)c(C)cc(C)c2C)n1. The fourth-order valence-corrected chi connectivity index (χ4v) is 7.10. The Balaban J connectivity index is 1.81. The van der Waals surface area contributed by atoms with Crippen molar-refractivity contribution < 1.29 is 13.2 Å². The largest absolute Gasteiger partial charge is 0.301 e. The number of benzene rings is 2. The van der Waals surface area contributed by atoms with Crippen LogP contribution in [0.5, 0.6) is 0 Å². The first-order valence-electron chi connectivity index (χ1n) is 10.5. The number of thiazole rings is 1. The van der Waals surface area contributed by atoms with E-state index < -0.39 is 16.1 Å². The number of carbonyl (C=O) groups excluding carboxylic acids is 1. The lowest BCUT2D eigenvalue weighted by molar-refractivity contribution is -0.120. The highest BCUT2D eigenvalue weighted by Gasteiger charge is 2.41. The summed E-state index contributed by atoms with van der Waals surface area (Å²) < 4.78 is 29.5. The number of hydrogen-bond donors (Lipinski definition) is 1. The Hall–Kier alpha value is -2.55. The molecule has 2 heterocycles. The molecule has 0 saturated heterocycles. The smallest absolute Gasteiger partial charge is 0.244 e. The summed E-state index contributed by atoms with van der Waals surface area (Å²) >= 11 is 1.33. The van der Waals surface area contributed by atoms with Crippen LogP contribution in [-0.4, -0.2) is 29.7 Å². The molecule has 2 aromatic carbocycles. The summed E-state index contributed by atoms with van der Waals surface area (Å²) in [5, 5.41) is 5.16. The van der Waals surface area contributed by atoms with Crippen LogP contribution >= 0.6 is 11.3 Å². The minimum atomic E-state index is -3.94. The molecule has 0 radical (unpaired) electrons. The van der Waals surface area contributed by atoms with Crippen LogP contribution < -0.4 is 5.32 Å². The zero-order valence-electron chi connectivity index (χ0n) is 18.9. The lowest BCUT2D eigenvalue weighted by Crippen LogP contribution is -2.50. The molecule has 0 saturated carbocycles. The second-order valence-electron chi connectivity index (χ2n) is 8.41. The van der Waals surface area contributed by atoms with Gasteiger partial charge >= 0.3 is 0 Å². The van der Waals surface area contributed by atoms with E-state index in [1.54, 1.807) is 0 Å². The van der Waals surface area contributed by atoms with E-state index in [1.165, 1.54) is 15.6 Å². The Bertz CT molecular complexity index is 1290. The van der Waals surface area contributed by atoms with Crippen molar-refractivity contribution in [2.24, 2.45) is 0 Å². The lowest BCUT2D eigenvalue weighted by Gasteiger charge is -2.35. The molecular weight excluding hydrogens is 442 g/mol. The predicted molar refractivity (Wildman–Crippen MR) is 128 cm³/mol. The first kappa shape index (κ1) is 22.6. The van der Waals surface area contributed by atoms with Gasteiger partial charge in [-0.2, -0.15) is 4.31 Å². The average molecular weight is 470 g/mol. The molecule has 1 aliphatic heterocycles. The fraction of sp³-hybridized carbons (Fsp3) is 0.333. The van der Waals surface area contributed by atoms with E-state index in [9.17, 15) is 13.2 Å².